The number of nitrogens with two attached hydrogens (primary N) is 1. The first-order chi connectivity index (χ1) is 5.72. The molecule has 0 radical (unpaired) electrons. The van der Waals surface area contributed by atoms with E-state index in [2.05, 4.69) is 5.32 Å². The van der Waals surface area contributed by atoms with E-state index in [1.165, 1.54) is 0 Å². The summed E-state index contributed by atoms with van der Waals surface area (Å²) in [5.41, 5.74) is 5.66. The van der Waals surface area contributed by atoms with Crippen molar-refractivity contribution in [3.8, 4) is 0 Å². The van der Waals surface area contributed by atoms with Crippen molar-refractivity contribution in [2.24, 2.45) is 5.73 Å². The van der Waals surface area contributed by atoms with E-state index in [0.29, 0.717) is 0 Å². The van der Waals surface area contributed by atoms with Crippen LogP contribution in [-0.2, 0) is 0 Å². The molecule has 0 aromatic heterocycles. The monoisotopic (exact) mass is 182 g/mol. The van der Waals surface area contributed by atoms with Crippen LogP contribution in [0.5, 0.6) is 0 Å². The molecule has 4 heteroatoms. The Hall–Kier alpha value is -1.16. The van der Waals surface area contributed by atoms with E-state index in [0.717, 1.165) is 10.6 Å². The Labute approximate surface area is 75.3 Å². The van der Waals surface area contributed by atoms with E-state index in [9.17, 15) is 4.79 Å². The molecule has 0 aliphatic carbocycles. The first kappa shape index (κ1) is 8.93. The molecule has 0 unspecified atom stereocenters. The Bertz CT molecular complexity index is 271. The fraction of sp³-hybridized carbons (Fsp3) is 0.125. The topological polar surface area (TPSA) is 55.1 Å². The molecule has 3 nitrogen and oxygen atoms in total. The van der Waals surface area contributed by atoms with Crippen LogP contribution < -0.4 is 11.1 Å². The number of nitrogens with one attached hydrogen (secondary N) is 1. The molecule has 3 N–H and O–H groups in total. The third kappa shape index (κ3) is 2.47. The van der Waals surface area contributed by atoms with Crippen molar-refractivity contribution in [3.63, 3.8) is 0 Å². The second-order valence-corrected chi connectivity index (χ2v) is 3.10. The molecule has 0 spiro atoms. The van der Waals surface area contributed by atoms with Crippen LogP contribution in [0.2, 0.25) is 0 Å². The molecule has 1 rings (SSSR count). The lowest BCUT2D eigenvalue weighted by Gasteiger charge is -2.01. The van der Waals surface area contributed by atoms with Crippen LogP contribution in [0.25, 0.3) is 0 Å². The zero-order chi connectivity index (χ0) is 8.97. The number of hydrogen-bond acceptors (Lipinski definition) is 2. The van der Waals surface area contributed by atoms with Crippen LogP contribution in [0, 0.1) is 0 Å². The van der Waals surface area contributed by atoms with Crippen molar-refractivity contribution in [3.05, 3.63) is 24.3 Å². The number of benzene rings is 1. The van der Waals surface area contributed by atoms with Crippen LogP contribution in [0.3, 0.4) is 0 Å². The highest BCUT2D eigenvalue weighted by molar-refractivity contribution is 7.98. The van der Waals surface area contributed by atoms with Crippen molar-refractivity contribution < 1.29 is 4.79 Å². The van der Waals surface area contributed by atoms with Gasteiger partial charge in [0.05, 0.1) is 0 Å². The van der Waals surface area contributed by atoms with Gasteiger partial charge in [0, 0.05) is 10.6 Å². The van der Waals surface area contributed by atoms with Gasteiger partial charge in [-0.05, 0) is 30.5 Å². The molecule has 0 bridgehead atoms. The molecular weight excluding hydrogens is 172 g/mol. The molecule has 64 valence electrons. The smallest absolute Gasteiger partial charge is 0.316 e. The molecule has 0 fully saturated rings. The zero-order valence-electron chi connectivity index (χ0n) is 6.70. The maximum atomic E-state index is 10.4. The summed E-state index contributed by atoms with van der Waals surface area (Å²) in [7, 11) is 0. The number of primary amides is 1. The van der Waals surface area contributed by atoms with Crippen LogP contribution in [0.4, 0.5) is 10.5 Å². The number of carbonyl (C=O) groups is 1. The first-order valence-corrected chi connectivity index (χ1v) is 4.65. The molecule has 0 saturated carbocycles. The second kappa shape index (κ2) is 4.01. The number of anilines is 1. The summed E-state index contributed by atoms with van der Waals surface area (Å²) in [6.07, 6.45) is 2.00. The summed E-state index contributed by atoms with van der Waals surface area (Å²) in [4.78, 5) is 11.6. The van der Waals surface area contributed by atoms with Gasteiger partial charge in [-0.1, -0.05) is 0 Å². The number of hydrogen-bond donors (Lipinski definition) is 2. The van der Waals surface area contributed by atoms with E-state index in [1.807, 2.05) is 30.5 Å². The quantitative estimate of drug-likeness (QED) is 0.686. The van der Waals surface area contributed by atoms with Gasteiger partial charge in [0.25, 0.3) is 0 Å². The molecular formula is C8H10N2OS. The Morgan fingerprint density at radius 1 is 1.42 bits per heavy atom. The van der Waals surface area contributed by atoms with Crippen LogP contribution in [0.15, 0.2) is 29.2 Å². The fourth-order valence-corrected chi connectivity index (χ4v) is 1.22. The maximum absolute atomic E-state index is 10.4. The highest BCUT2D eigenvalue weighted by Crippen LogP contribution is 2.16. The molecule has 0 aliphatic heterocycles. The van der Waals surface area contributed by atoms with Gasteiger partial charge in [-0.15, -0.1) is 11.8 Å². The molecule has 0 saturated heterocycles. The molecule has 0 aliphatic rings. The van der Waals surface area contributed by atoms with Crippen molar-refractivity contribution in [2.75, 3.05) is 11.6 Å². The number of rotatable bonds is 2. The van der Waals surface area contributed by atoms with Gasteiger partial charge >= 0.3 is 6.03 Å². The summed E-state index contributed by atoms with van der Waals surface area (Å²) in [5, 5.41) is 2.49. The van der Waals surface area contributed by atoms with Gasteiger partial charge in [-0.25, -0.2) is 4.79 Å². The normalized spacial score (nSPS) is 9.42. The zero-order valence-corrected chi connectivity index (χ0v) is 7.52. The fourth-order valence-electron chi connectivity index (χ4n) is 0.817. The Morgan fingerprint density at radius 3 is 2.42 bits per heavy atom. The molecule has 0 atom stereocenters. The predicted molar refractivity (Wildman–Crippen MR) is 51.4 cm³/mol. The van der Waals surface area contributed by atoms with E-state index < -0.39 is 6.03 Å². The van der Waals surface area contributed by atoms with Gasteiger partial charge in [0.2, 0.25) is 0 Å². The second-order valence-electron chi connectivity index (χ2n) is 2.22. The van der Waals surface area contributed by atoms with Crippen molar-refractivity contribution in [2.45, 2.75) is 4.90 Å². The van der Waals surface area contributed by atoms with Crippen molar-refractivity contribution >= 4 is 23.5 Å². The lowest BCUT2D eigenvalue weighted by atomic mass is 10.3. The number of amides is 2. The molecule has 0 heterocycles. The summed E-state index contributed by atoms with van der Waals surface area (Å²) in [5.74, 6) is 0. The van der Waals surface area contributed by atoms with Gasteiger partial charge in [0.1, 0.15) is 0 Å². The summed E-state index contributed by atoms with van der Waals surface area (Å²) < 4.78 is 0. The van der Waals surface area contributed by atoms with E-state index in [4.69, 9.17) is 5.73 Å². The van der Waals surface area contributed by atoms with E-state index in [-0.39, 0.29) is 0 Å². The van der Waals surface area contributed by atoms with Crippen LogP contribution in [0.1, 0.15) is 0 Å². The molecule has 12 heavy (non-hydrogen) atoms. The third-order valence-electron chi connectivity index (χ3n) is 1.36. The van der Waals surface area contributed by atoms with E-state index >= 15 is 0 Å². The van der Waals surface area contributed by atoms with Gasteiger partial charge in [-0.2, -0.15) is 0 Å². The third-order valence-corrected chi connectivity index (χ3v) is 2.10. The summed E-state index contributed by atoms with van der Waals surface area (Å²) in [6.45, 7) is 0. The Balaban J connectivity index is 2.71. The van der Waals surface area contributed by atoms with Gasteiger partial charge in [-0.3, -0.25) is 0 Å². The number of thioether (sulfide) groups is 1. The largest absolute Gasteiger partial charge is 0.351 e. The minimum absolute atomic E-state index is 0.535. The number of carbonyl (C=O) groups excluding carboxylic acids is 1. The van der Waals surface area contributed by atoms with Crippen LogP contribution in [-0.4, -0.2) is 12.3 Å². The van der Waals surface area contributed by atoms with E-state index in [1.54, 1.807) is 11.8 Å². The molecule has 2 amide bonds. The lowest BCUT2D eigenvalue weighted by molar-refractivity contribution is 0.259. The van der Waals surface area contributed by atoms with Crippen molar-refractivity contribution in [1.29, 1.82) is 0 Å². The molecule has 1 aromatic carbocycles. The number of urea groups is 1. The van der Waals surface area contributed by atoms with Crippen molar-refractivity contribution in [1.82, 2.24) is 0 Å². The minimum atomic E-state index is -0.535. The Morgan fingerprint density at radius 2 is 2.00 bits per heavy atom. The maximum Gasteiger partial charge on any atom is 0.316 e. The predicted octanol–water partition coefficient (Wildman–Crippen LogP) is 1.90. The first-order valence-electron chi connectivity index (χ1n) is 3.43. The standard InChI is InChI=1S/C8H10N2OS/c1-12-7-4-2-6(3-5-7)10-8(9)11/h2-5H,1H3,(H3,9,10,11). The average Bonchev–Trinajstić information content (AvgIpc) is 2.05. The SMILES string of the molecule is CSc1ccc(NC(N)=O)cc1. The Kier molecular flexibility index (Phi) is 2.99. The highest BCUT2D eigenvalue weighted by Gasteiger charge is 1.94. The van der Waals surface area contributed by atoms with Crippen LogP contribution >= 0.6 is 11.8 Å². The summed E-state index contributed by atoms with van der Waals surface area (Å²) in [6, 6.07) is 6.95. The van der Waals surface area contributed by atoms with Gasteiger partial charge in [0.15, 0.2) is 0 Å². The average molecular weight is 182 g/mol. The summed E-state index contributed by atoms with van der Waals surface area (Å²) >= 11 is 1.65. The highest BCUT2D eigenvalue weighted by atomic mass is 32.2. The minimum Gasteiger partial charge on any atom is -0.351 e. The van der Waals surface area contributed by atoms with Gasteiger partial charge < -0.3 is 11.1 Å². The lowest BCUT2D eigenvalue weighted by Crippen LogP contribution is -2.19. The molecule has 1 aromatic rings.